The third-order valence-electron chi connectivity index (χ3n) is 8.48. The van der Waals surface area contributed by atoms with E-state index in [2.05, 4.69) is 50.0 Å². The fourth-order valence-corrected chi connectivity index (χ4v) is 6.31. The van der Waals surface area contributed by atoms with Crippen LogP contribution in [0.5, 0.6) is 17.2 Å². The van der Waals surface area contributed by atoms with Gasteiger partial charge in [0, 0.05) is 41.5 Å². The number of amides is 4. The van der Waals surface area contributed by atoms with Gasteiger partial charge >= 0.3 is 12.1 Å². The van der Waals surface area contributed by atoms with Crippen LogP contribution in [-0.2, 0) is 10.2 Å². The van der Waals surface area contributed by atoms with Crippen LogP contribution in [-0.4, -0.2) is 73.3 Å². The van der Waals surface area contributed by atoms with E-state index in [1.54, 1.807) is 41.9 Å². The maximum atomic E-state index is 13.5. The lowest BCUT2D eigenvalue weighted by molar-refractivity contribution is 0.0944. The number of rotatable bonds is 13. The number of methoxy groups -OCH3 is 2. The molecule has 0 spiro atoms. The van der Waals surface area contributed by atoms with Crippen LogP contribution in [0.4, 0.5) is 26.7 Å². The van der Waals surface area contributed by atoms with E-state index in [1.165, 1.54) is 25.6 Å². The van der Waals surface area contributed by atoms with E-state index in [4.69, 9.17) is 14.2 Å². The largest absolute Gasteiger partial charge is 0.492 e. The van der Waals surface area contributed by atoms with Gasteiger partial charge in [0.1, 0.15) is 27.9 Å². The highest BCUT2D eigenvalue weighted by Crippen LogP contribution is 2.40. The van der Waals surface area contributed by atoms with Crippen LogP contribution < -0.4 is 30.7 Å². The number of nitrogens with zero attached hydrogens (tertiary/aromatic N) is 3. The van der Waals surface area contributed by atoms with Crippen LogP contribution in [0.1, 0.15) is 50.7 Å². The maximum Gasteiger partial charge on any atom is 0.411 e. The van der Waals surface area contributed by atoms with Crippen molar-refractivity contribution in [2.45, 2.75) is 40.0 Å². The van der Waals surface area contributed by atoms with E-state index in [1.807, 2.05) is 51.1 Å². The van der Waals surface area contributed by atoms with Crippen molar-refractivity contribution in [3.05, 3.63) is 83.5 Å². The van der Waals surface area contributed by atoms with E-state index in [0.29, 0.717) is 51.5 Å². The normalized spacial score (nSPS) is 11.2. The van der Waals surface area contributed by atoms with Gasteiger partial charge in [-0.1, -0.05) is 58.9 Å². The molecule has 13 nitrogen and oxygen atoms in total. The van der Waals surface area contributed by atoms with Crippen LogP contribution in [0.2, 0.25) is 0 Å². The predicted molar refractivity (Wildman–Crippen MR) is 210 cm³/mol. The Morgan fingerprint density at radius 2 is 1.57 bits per heavy atom. The van der Waals surface area contributed by atoms with Crippen molar-refractivity contribution in [2.75, 3.05) is 56.3 Å². The highest BCUT2D eigenvalue weighted by Gasteiger charge is 2.22. The number of benzene rings is 3. The topological polar surface area (TPSA) is 156 Å². The monoisotopic (exact) mass is 739 g/mol. The Kier molecular flexibility index (Phi) is 12.5. The van der Waals surface area contributed by atoms with Crippen LogP contribution in [0.15, 0.2) is 72.2 Å². The second-order valence-corrected chi connectivity index (χ2v) is 13.9. The van der Waals surface area contributed by atoms with Gasteiger partial charge in [-0.3, -0.25) is 15.1 Å². The first kappa shape index (κ1) is 38.5. The Bertz CT molecular complexity index is 2090. The average molecular weight is 740 g/mol. The third-order valence-corrected chi connectivity index (χ3v) is 9.35. The van der Waals surface area contributed by atoms with Gasteiger partial charge in [-0.05, 0) is 54.4 Å². The minimum atomic E-state index is -0.666. The van der Waals surface area contributed by atoms with Gasteiger partial charge in [-0.15, -0.1) is 11.3 Å². The standard InChI is InChI=1S/C39H45N7O6S/c1-8-46(9-2)19-18-41-35(47)32-23-53-36(42-32)31-22-25(16-17-40-31)52-33-15-14-28(26-12-10-11-13-27(26)33)43-37(48)44-29-20-24(39(3,4)5)21-30(34(29)50-6)45-38(49)51-7/h10-17,20-23H,8-9,18-19H2,1-7H3,(H,41,47)(H,45,49)(H2,43,44,48). The lowest BCUT2D eigenvalue weighted by atomic mass is 9.86. The summed E-state index contributed by atoms with van der Waals surface area (Å²) in [5.41, 5.74) is 2.73. The molecule has 0 bridgehead atoms. The van der Waals surface area contributed by atoms with Crippen molar-refractivity contribution in [1.82, 2.24) is 20.2 Å². The third kappa shape index (κ3) is 9.58. The highest BCUT2D eigenvalue weighted by atomic mass is 32.1. The number of hydrogen-bond donors (Lipinski definition) is 4. The number of likely N-dealkylation sites (N-methyl/N-ethyl adjacent to an activating group) is 1. The van der Waals surface area contributed by atoms with Crippen LogP contribution >= 0.6 is 11.3 Å². The summed E-state index contributed by atoms with van der Waals surface area (Å²) < 4.78 is 16.7. The van der Waals surface area contributed by atoms with Gasteiger partial charge in [-0.25, -0.2) is 14.6 Å². The van der Waals surface area contributed by atoms with Gasteiger partial charge in [0.25, 0.3) is 5.91 Å². The molecule has 0 radical (unpaired) electrons. The summed E-state index contributed by atoms with van der Waals surface area (Å²) in [4.78, 5) is 49.5. The number of hydrogen-bond acceptors (Lipinski definition) is 10. The van der Waals surface area contributed by atoms with Gasteiger partial charge in [0.15, 0.2) is 5.75 Å². The number of anilines is 3. The summed E-state index contributed by atoms with van der Waals surface area (Å²) in [6.07, 6.45) is 0.966. The van der Waals surface area contributed by atoms with Crippen molar-refractivity contribution in [2.24, 2.45) is 0 Å². The Hall–Kier alpha value is -5.73. The molecule has 0 fully saturated rings. The summed E-state index contributed by atoms with van der Waals surface area (Å²) in [6, 6.07) is 17.7. The van der Waals surface area contributed by atoms with Gasteiger partial charge in [-0.2, -0.15) is 0 Å². The number of aromatic nitrogens is 2. The summed E-state index contributed by atoms with van der Waals surface area (Å²) in [5, 5.41) is 15.3. The molecule has 14 heteroatoms. The fourth-order valence-electron chi connectivity index (χ4n) is 5.55. The number of pyridine rings is 1. The maximum absolute atomic E-state index is 13.5. The zero-order valence-corrected chi connectivity index (χ0v) is 31.8. The number of nitrogens with one attached hydrogen (secondary N) is 4. The molecule has 0 aliphatic heterocycles. The minimum absolute atomic E-state index is 0.223. The molecule has 53 heavy (non-hydrogen) atoms. The zero-order chi connectivity index (χ0) is 38.1. The van der Waals surface area contributed by atoms with E-state index in [0.717, 1.165) is 36.0 Å². The van der Waals surface area contributed by atoms with Crippen LogP contribution in [0.3, 0.4) is 0 Å². The second-order valence-electron chi connectivity index (χ2n) is 13.0. The van der Waals surface area contributed by atoms with E-state index in [-0.39, 0.29) is 17.1 Å². The number of ether oxygens (including phenoxy) is 3. The quantitative estimate of drug-likeness (QED) is 0.0932. The van der Waals surface area contributed by atoms with Gasteiger partial charge in [0.05, 0.1) is 31.3 Å². The Balaban J connectivity index is 1.33. The highest BCUT2D eigenvalue weighted by molar-refractivity contribution is 7.13. The van der Waals surface area contributed by atoms with Crippen LogP contribution in [0, 0.1) is 0 Å². The van der Waals surface area contributed by atoms with Crippen LogP contribution in [0.25, 0.3) is 21.5 Å². The molecular weight excluding hydrogens is 695 g/mol. The molecule has 3 aromatic carbocycles. The van der Waals surface area contributed by atoms with Crippen molar-refractivity contribution in [1.29, 1.82) is 0 Å². The molecular formula is C39H45N7O6S. The molecule has 0 aliphatic rings. The van der Waals surface area contributed by atoms with Crippen molar-refractivity contribution < 1.29 is 28.6 Å². The number of urea groups is 1. The molecule has 2 heterocycles. The number of carbonyl (C=O) groups excluding carboxylic acids is 3. The summed E-state index contributed by atoms with van der Waals surface area (Å²) in [5.74, 6) is 1.14. The predicted octanol–water partition coefficient (Wildman–Crippen LogP) is 8.35. The number of thiazole rings is 1. The molecule has 2 aromatic heterocycles. The lowest BCUT2D eigenvalue weighted by Gasteiger charge is -2.24. The fraction of sp³-hybridized carbons (Fsp3) is 0.308. The van der Waals surface area contributed by atoms with E-state index in [9.17, 15) is 14.4 Å². The molecule has 0 saturated heterocycles. The van der Waals surface area contributed by atoms with Gasteiger partial charge in [0.2, 0.25) is 0 Å². The number of carbonyl (C=O) groups is 3. The summed E-state index contributed by atoms with van der Waals surface area (Å²) in [7, 11) is 2.73. The van der Waals surface area contributed by atoms with Crippen molar-refractivity contribution in [3.8, 4) is 28.0 Å². The average Bonchev–Trinajstić information content (AvgIpc) is 3.65. The first-order valence-electron chi connectivity index (χ1n) is 17.2. The SMILES string of the molecule is CCN(CC)CCNC(=O)c1csc(-c2cc(Oc3ccc(NC(=O)Nc4cc(C(C)(C)C)cc(NC(=O)OC)c4OC)c4ccccc34)ccn2)n1. The molecule has 278 valence electrons. The molecule has 0 atom stereocenters. The van der Waals surface area contributed by atoms with E-state index >= 15 is 0 Å². The molecule has 0 unspecified atom stereocenters. The Labute approximate surface area is 313 Å². The lowest BCUT2D eigenvalue weighted by Crippen LogP contribution is -2.34. The van der Waals surface area contributed by atoms with Crippen molar-refractivity contribution >= 4 is 57.2 Å². The van der Waals surface area contributed by atoms with Gasteiger partial charge < -0.3 is 35.1 Å². The smallest absolute Gasteiger partial charge is 0.411 e. The number of fused-ring (bicyclic) bond motifs is 1. The molecule has 0 saturated carbocycles. The molecule has 4 amide bonds. The second kappa shape index (κ2) is 17.2. The first-order chi connectivity index (χ1) is 25.4. The molecule has 5 aromatic rings. The van der Waals surface area contributed by atoms with E-state index < -0.39 is 12.1 Å². The minimum Gasteiger partial charge on any atom is -0.492 e. The Morgan fingerprint density at radius 1 is 0.868 bits per heavy atom. The summed E-state index contributed by atoms with van der Waals surface area (Å²) in [6.45, 7) is 13.4. The summed E-state index contributed by atoms with van der Waals surface area (Å²) >= 11 is 1.34. The molecule has 0 aliphatic carbocycles. The molecule has 5 rings (SSSR count). The molecule has 4 N–H and O–H groups in total. The zero-order valence-electron chi connectivity index (χ0n) is 31.0. The first-order valence-corrected chi connectivity index (χ1v) is 18.1. The Morgan fingerprint density at radius 3 is 2.25 bits per heavy atom. The van der Waals surface area contributed by atoms with Crippen molar-refractivity contribution in [3.63, 3.8) is 0 Å².